The molecule has 0 aliphatic rings. The Balaban J connectivity index is 2.65. The zero-order valence-corrected chi connectivity index (χ0v) is 11.2. The van der Waals surface area contributed by atoms with E-state index in [4.69, 9.17) is 27.9 Å². The average Bonchev–Trinajstić information content (AvgIpc) is 2.22. The molecule has 1 aromatic heterocycles. The van der Waals surface area contributed by atoms with Crippen LogP contribution in [0.15, 0.2) is 12.1 Å². The zero-order valence-electron chi connectivity index (χ0n) is 9.70. The second-order valence-corrected chi connectivity index (χ2v) is 4.55. The molecule has 0 amide bonds. The van der Waals surface area contributed by atoms with Crippen LogP contribution in [0.3, 0.4) is 0 Å². The third-order valence-corrected chi connectivity index (χ3v) is 3.01. The van der Waals surface area contributed by atoms with Gasteiger partial charge in [0.1, 0.15) is 10.3 Å². The molecule has 1 heterocycles. The minimum atomic E-state index is 0.330. The van der Waals surface area contributed by atoms with E-state index in [-0.39, 0.29) is 0 Å². The Morgan fingerprint density at radius 3 is 2.69 bits per heavy atom. The van der Waals surface area contributed by atoms with Gasteiger partial charge in [0.25, 0.3) is 0 Å². The summed E-state index contributed by atoms with van der Waals surface area (Å²) in [7, 11) is 3.72. The number of ether oxygens (including phenoxy) is 1. The third-order valence-electron chi connectivity index (χ3n) is 2.47. The number of nitrogens with zero attached hydrogens (tertiary/aromatic N) is 2. The van der Waals surface area contributed by atoms with E-state index in [1.165, 1.54) is 0 Å². The van der Waals surface area contributed by atoms with Crippen LogP contribution >= 0.6 is 23.2 Å². The molecule has 0 N–H and O–H groups in total. The fraction of sp³-hybridized carbons (Fsp3) is 0.545. The topological polar surface area (TPSA) is 25.4 Å². The van der Waals surface area contributed by atoms with Crippen molar-refractivity contribution in [3.63, 3.8) is 0 Å². The molecule has 0 saturated carbocycles. The van der Waals surface area contributed by atoms with Gasteiger partial charge in [0.2, 0.25) is 0 Å². The Morgan fingerprint density at radius 1 is 1.44 bits per heavy atom. The molecule has 0 saturated heterocycles. The second kappa shape index (κ2) is 6.40. The van der Waals surface area contributed by atoms with Crippen molar-refractivity contribution in [1.82, 2.24) is 9.88 Å². The Hall–Kier alpha value is -0.350. The predicted molar refractivity (Wildman–Crippen MR) is 67.1 cm³/mol. The number of pyridine rings is 1. The maximum Gasteiger partial charge on any atom is 0.135 e. The lowest BCUT2D eigenvalue weighted by molar-refractivity contribution is 0.112. The van der Waals surface area contributed by atoms with Crippen molar-refractivity contribution in [2.24, 2.45) is 0 Å². The lowest BCUT2D eigenvalue weighted by atomic mass is 10.2. The van der Waals surface area contributed by atoms with Crippen molar-refractivity contribution in [2.75, 3.05) is 20.8 Å². The van der Waals surface area contributed by atoms with E-state index in [0.717, 1.165) is 12.1 Å². The van der Waals surface area contributed by atoms with E-state index in [1.807, 2.05) is 13.1 Å². The highest BCUT2D eigenvalue weighted by atomic mass is 35.5. The van der Waals surface area contributed by atoms with Crippen LogP contribution in [0.25, 0.3) is 0 Å². The quantitative estimate of drug-likeness (QED) is 0.764. The van der Waals surface area contributed by atoms with Gasteiger partial charge in [0, 0.05) is 25.3 Å². The molecule has 5 heteroatoms. The molecule has 1 aromatic rings. The minimum Gasteiger partial charge on any atom is -0.383 e. The van der Waals surface area contributed by atoms with Gasteiger partial charge in [0.05, 0.1) is 6.61 Å². The van der Waals surface area contributed by atoms with Crippen LogP contribution < -0.4 is 0 Å². The zero-order chi connectivity index (χ0) is 12.1. The number of rotatable bonds is 5. The van der Waals surface area contributed by atoms with E-state index in [9.17, 15) is 0 Å². The molecule has 0 aliphatic heterocycles. The summed E-state index contributed by atoms with van der Waals surface area (Å²) in [6.07, 6.45) is 0. The summed E-state index contributed by atoms with van der Waals surface area (Å²) in [6, 6.07) is 3.97. The normalized spacial score (nSPS) is 13.1. The van der Waals surface area contributed by atoms with Crippen LogP contribution in [-0.4, -0.2) is 36.7 Å². The van der Waals surface area contributed by atoms with E-state index < -0.39 is 0 Å². The van der Waals surface area contributed by atoms with Crippen molar-refractivity contribution < 1.29 is 4.74 Å². The first-order valence-corrected chi connectivity index (χ1v) is 5.80. The van der Waals surface area contributed by atoms with Gasteiger partial charge in [-0.3, -0.25) is 4.90 Å². The summed E-state index contributed by atoms with van der Waals surface area (Å²) >= 11 is 11.7. The molecule has 0 bridgehead atoms. The molecule has 0 fully saturated rings. The van der Waals surface area contributed by atoms with Crippen molar-refractivity contribution in [3.05, 3.63) is 28.0 Å². The van der Waals surface area contributed by atoms with E-state index in [1.54, 1.807) is 13.2 Å². The van der Waals surface area contributed by atoms with Crippen molar-refractivity contribution in [1.29, 1.82) is 0 Å². The predicted octanol–water partition coefficient (Wildman–Crippen LogP) is 2.86. The summed E-state index contributed by atoms with van der Waals surface area (Å²) in [4.78, 5) is 6.16. The highest BCUT2D eigenvalue weighted by Crippen LogP contribution is 2.18. The van der Waals surface area contributed by atoms with Gasteiger partial charge >= 0.3 is 0 Å². The Bertz CT molecular complexity index is 347. The molecule has 1 unspecified atom stereocenters. The lowest BCUT2D eigenvalue weighted by Gasteiger charge is -2.24. The molecule has 1 rings (SSSR count). The first-order valence-electron chi connectivity index (χ1n) is 5.04. The summed E-state index contributed by atoms with van der Waals surface area (Å²) in [6.45, 7) is 3.52. The SMILES string of the molecule is COCC(C)N(C)Cc1ccc(Cl)nc1Cl. The summed E-state index contributed by atoms with van der Waals surface area (Å²) < 4.78 is 5.10. The number of hydrogen-bond acceptors (Lipinski definition) is 3. The van der Waals surface area contributed by atoms with Crippen molar-refractivity contribution >= 4 is 23.2 Å². The number of likely N-dealkylation sites (N-methyl/N-ethyl adjacent to an activating group) is 1. The summed E-state index contributed by atoms with van der Waals surface area (Å²) in [5.74, 6) is 0. The lowest BCUT2D eigenvalue weighted by Crippen LogP contribution is -2.32. The van der Waals surface area contributed by atoms with Crippen LogP contribution in [0.1, 0.15) is 12.5 Å². The fourth-order valence-electron chi connectivity index (χ4n) is 1.35. The van der Waals surface area contributed by atoms with E-state index in [2.05, 4.69) is 16.8 Å². The smallest absolute Gasteiger partial charge is 0.135 e. The van der Waals surface area contributed by atoms with Crippen LogP contribution in [0, 0.1) is 0 Å². The molecule has 3 nitrogen and oxygen atoms in total. The van der Waals surface area contributed by atoms with Gasteiger partial charge in [0.15, 0.2) is 0 Å². The number of hydrogen-bond donors (Lipinski definition) is 0. The summed E-state index contributed by atoms with van der Waals surface area (Å²) in [5.41, 5.74) is 0.969. The highest BCUT2D eigenvalue weighted by Gasteiger charge is 2.11. The van der Waals surface area contributed by atoms with Crippen LogP contribution in [-0.2, 0) is 11.3 Å². The van der Waals surface area contributed by atoms with Crippen LogP contribution in [0.4, 0.5) is 0 Å². The fourth-order valence-corrected chi connectivity index (χ4v) is 1.76. The Morgan fingerprint density at radius 2 is 2.12 bits per heavy atom. The Kier molecular flexibility index (Phi) is 5.49. The molecule has 0 radical (unpaired) electrons. The summed E-state index contributed by atoms with van der Waals surface area (Å²) in [5, 5.41) is 0.880. The third kappa shape index (κ3) is 3.91. The largest absolute Gasteiger partial charge is 0.383 e. The van der Waals surface area contributed by atoms with Gasteiger partial charge in [-0.15, -0.1) is 0 Å². The van der Waals surface area contributed by atoms with Crippen LogP contribution in [0.2, 0.25) is 10.3 Å². The van der Waals surface area contributed by atoms with Crippen molar-refractivity contribution in [3.8, 4) is 0 Å². The molecular formula is C11H16Cl2N2O. The molecular weight excluding hydrogens is 247 g/mol. The second-order valence-electron chi connectivity index (χ2n) is 3.80. The molecule has 0 spiro atoms. The molecule has 90 valence electrons. The van der Waals surface area contributed by atoms with Gasteiger partial charge in [-0.05, 0) is 20.0 Å². The molecule has 16 heavy (non-hydrogen) atoms. The number of methoxy groups -OCH3 is 1. The van der Waals surface area contributed by atoms with Crippen molar-refractivity contribution in [2.45, 2.75) is 19.5 Å². The standard InChI is InChI=1S/C11H16Cl2N2O/c1-8(7-16-3)15(2)6-9-4-5-10(12)14-11(9)13/h4-5,8H,6-7H2,1-3H3. The van der Waals surface area contributed by atoms with Crippen LogP contribution in [0.5, 0.6) is 0 Å². The monoisotopic (exact) mass is 262 g/mol. The number of halogens is 2. The highest BCUT2D eigenvalue weighted by molar-refractivity contribution is 6.32. The number of aromatic nitrogens is 1. The molecule has 0 aromatic carbocycles. The van der Waals surface area contributed by atoms with E-state index in [0.29, 0.717) is 23.0 Å². The molecule has 1 atom stereocenters. The maximum atomic E-state index is 6.00. The first-order chi connectivity index (χ1) is 7.54. The van der Waals surface area contributed by atoms with Gasteiger partial charge < -0.3 is 4.74 Å². The van der Waals surface area contributed by atoms with Gasteiger partial charge in [-0.25, -0.2) is 4.98 Å². The molecule has 0 aliphatic carbocycles. The Labute approximate surface area is 106 Å². The van der Waals surface area contributed by atoms with Gasteiger partial charge in [-0.1, -0.05) is 29.3 Å². The minimum absolute atomic E-state index is 0.330. The maximum absolute atomic E-state index is 6.00. The first kappa shape index (κ1) is 13.7. The average molecular weight is 263 g/mol. The van der Waals surface area contributed by atoms with E-state index >= 15 is 0 Å². The van der Waals surface area contributed by atoms with Gasteiger partial charge in [-0.2, -0.15) is 0 Å².